The van der Waals surface area contributed by atoms with E-state index in [4.69, 9.17) is 11.6 Å². The fraction of sp³-hybridized carbons (Fsp3) is 0.450. The Morgan fingerprint density at radius 3 is 2.62 bits per heavy atom. The maximum absolute atomic E-state index is 12.8. The number of amides is 2. The van der Waals surface area contributed by atoms with Crippen molar-refractivity contribution < 1.29 is 42.9 Å². The molecule has 2 aliphatic heterocycles. The molecule has 2 aliphatic rings. The summed E-state index contributed by atoms with van der Waals surface area (Å²) in [6.07, 6.45) is 0.853. The molecular formula is C20H22ClN3O9S. The number of nitrogens with zero attached hydrogens (tertiary/aromatic N) is 2. The molecule has 0 radical (unpaired) electrons. The number of phenolic OH excluding ortho intramolecular Hbond substituents is 2. The second-order valence-electron chi connectivity index (χ2n) is 8.09. The maximum atomic E-state index is 12.8. The molecule has 2 amide bonds. The van der Waals surface area contributed by atoms with Crippen LogP contribution in [-0.2, 0) is 24.2 Å². The van der Waals surface area contributed by atoms with E-state index in [0.717, 1.165) is 17.2 Å². The Morgan fingerprint density at radius 1 is 1.32 bits per heavy atom. The molecule has 1 aromatic rings. The first kappa shape index (κ1) is 25.4. The Morgan fingerprint density at radius 2 is 2.00 bits per heavy atom. The van der Waals surface area contributed by atoms with Crippen LogP contribution in [0, 0.1) is 0 Å². The van der Waals surface area contributed by atoms with Crippen LogP contribution in [0.2, 0.25) is 5.02 Å². The van der Waals surface area contributed by atoms with Crippen molar-refractivity contribution in [1.82, 2.24) is 10.2 Å². The number of hydrogen-bond donors (Lipinski definition) is 4. The van der Waals surface area contributed by atoms with Gasteiger partial charge >= 0.3 is 5.97 Å². The van der Waals surface area contributed by atoms with E-state index in [2.05, 4.69) is 10.3 Å². The number of benzene rings is 1. The number of phenols is 2. The number of ketones is 1. The summed E-state index contributed by atoms with van der Waals surface area (Å²) >= 11 is 5.82. The highest BCUT2D eigenvalue weighted by Gasteiger charge is 2.69. The molecule has 2 heterocycles. The molecule has 0 spiro atoms. The van der Waals surface area contributed by atoms with E-state index in [1.807, 2.05) is 0 Å². The third kappa shape index (κ3) is 4.20. The number of aliphatic carboxylic acids is 1. The van der Waals surface area contributed by atoms with Crippen LogP contribution in [-0.4, -0.2) is 87.7 Å². The number of carbonyl (C=O) groups is 4. The van der Waals surface area contributed by atoms with Crippen molar-refractivity contribution in [2.75, 3.05) is 13.1 Å². The number of carbonyl (C=O) groups excluding carboxylic acids is 3. The first-order valence-corrected chi connectivity index (χ1v) is 12.0. The quantitative estimate of drug-likeness (QED) is 0.153. The number of Topliss-reactive ketones (excluding diaryl/α,β-unsaturated/α-hetero) is 1. The lowest BCUT2D eigenvalue weighted by Crippen LogP contribution is -2.57. The largest absolute Gasteiger partial charge is 0.504 e. The Labute approximate surface area is 199 Å². The van der Waals surface area contributed by atoms with Gasteiger partial charge in [0.2, 0.25) is 5.91 Å². The van der Waals surface area contributed by atoms with E-state index in [1.165, 1.54) is 13.0 Å². The molecule has 3 atom stereocenters. The van der Waals surface area contributed by atoms with Gasteiger partial charge in [-0.3, -0.25) is 19.4 Å². The summed E-state index contributed by atoms with van der Waals surface area (Å²) in [7, 11) is -4.05. The van der Waals surface area contributed by atoms with Crippen molar-refractivity contribution in [3.8, 4) is 11.5 Å². The molecule has 14 heteroatoms. The average Bonchev–Trinajstić information content (AvgIpc) is 2.89. The van der Waals surface area contributed by atoms with Crippen molar-refractivity contribution in [2.24, 2.45) is 4.99 Å². The number of rotatable bonds is 9. The second kappa shape index (κ2) is 9.22. The number of carboxylic acid groups (broad SMARTS) is 1. The Balaban J connectivity index is 1.53. The van der Waals surface area contributed by atoms with Gasteiger partial charge in [0.1, 0.15) is 10.1 Å². The van der Waals surface area contributed by atoms with E-state index in [9.17, 15) is 42.9 Å². The van der Waals surface area contributed by atoms with E-state index in [1.54, 1.807) is 0 Å². The van der Waals surface area contributed by atoms with Crippen LogP contribution >= 0.6 is 11.6 Å². The molecule has 4 N–H and O–H groups in total. The van der Waals surface area contributed by atoms with Gasteiger partial charge in [-0.25, -0.2) is 13.2 Å². The normalized spacial score (nSPS) is 25.1. The molecule has 34 heavy (non-hydrogen) atoms. The minimum Gasteiger partial charge on any atom is -0.504 e. The predicted molar refractivity (Wildman–Crippen MR) is 119 cm³/mol. The third-order valence-electron chi connectivity index (χ3n) is 5.85. The number of carboxylic acids is 1. The second-order valence-corrected chi connectivity index (χ2v) is 11.0. The van der Waals surface area contributed by atoms with Crippen LogP contribution in [0.5, 0.6) is 11.5 Å². The lowest BCUT2D eigenvalue weighted by molar-refractivity contribution is -0.156. The summed E-state index contributed by atoms with van der Waals surface area (Å²) in [5.41, 5.74) is -0.0601. The minimum absolute atomic E-state index is 0.00869. The minimum atomic E-state index is -4.05. The third-order valence-corrected chi connectivity index (χ3v) is 8.89. The number of hydrogen-bond acceptors (Lipinski definition) is 9. The highest BCUT2D eigenvalue weighted by Crippen LogP contribution is 2.45. The van der Waals surface area contributed by atoms with Gasteiger partial charge in [-0.05, 0) is 25.5 Å². The highest BCUT2D eigenvalue weighted by atomic mass is 35.5. The Bertz CT molecular complexity index is 1200. The number of fused-ring (bicyclic) bond motifs is 1. The molecule has 1 aromatic carbocycles. The van der Waals surface area contributed by atoms with Crippen molar-refractivity contribution in [2.45, 2.75) is 42.3 Å². The first-order valence-electron chi connectivity index (χ1n) is 10.1. The molecule has 0 unspecified atom stereocenters. The summed E-state index contributed by atoms with van der Waals surface area (Å²) in [6.45, 7) is 0.850. The van der Waals surface area contributed by atoms with Crippen LogP contribution < -0.4 is 5.32 Å². The van der Waals surface area contributed by atoms with Gasteiger partial charge < -0.3 is 25.5 Å². The number of halogens is 1. The first-order chi connectivity index (χ1) is 15.8. The molecule has 2 saturated heterocycles. The summed E-state index contributed by atoms with van der Waals surface area (Å²) in [5, 5.41) is 29.4. The number of aliphatic imine (C=N–C) groups is 1. The molecule has 2 fully saturated rings. The lowest BCUT2D eigenvalue weighted by Gasteiger charge is -2.35. The van der Waals surface area contributed by atoms with Gasteiger partial charge in [0.25, 0.3) is 5.91 Å². The fourth-order valence-corrected chi connectivity index (χ4v) is 6.40. The molecular weight excluding hydrogens is 494 g/mol. The summed E-state index contributed by atoms with van der Waals surface area (Å²) in [4.78, 5) is 52.3. The topological polar surface area (TPSA) is 191 Å². The molecule has 0 aliphatic carbocycles. The summed E-state index contributed by atoms with van der Waals surface area (Å²) in [5.74, 6) is -4.14. The fourth-order valence-electron chi connectivity index (χ4n) is 3.92. The standard InChI is InChI=1S/C20H22ClN3O9S/c1-20(17(19(30)31)24-13(27)7-14(24)34(20,32)33)9-22-8-10(25)3-2-6-23-18(29)11-4-5-12(26)16(28)15(11)21/h4-5,9,14,17,26,28H,2-3,6-8H2,1H3,(H,23,29)(H,30,31)/t14-,17+,20+/m1/s1. The average molecular weight is 516 g/mol. The van der Waals surface area contributed by atoms with Gasteiger partial charge in [-0.1, -0.05) is 11.6 Å². The Kier molecular flexibility index (Phi) is 6.90. The molecule has 184 valence electrons. The van der Waals surface area contributed by atoms with Crippen LogP contribution in [0.25, 0.3) is 0 Å². The van der Waals surface area contributed by atoms with E-state index in [-0.39, 0.29) is 42.2 Å². The highest BCUT2D eigenvalue weighted by molar-refractivity contribution is 7.94. The smallest absolute Gasteiger partial charge is 0.328 e. The number of aromatic hydroxyl groups is 2. The summed E-state index contributed by atoms with van der Waals surface area (Å²) < 4.78 is 23.6. The van der Waals surface area contributed by atoms with Gasteiger partial charge in [-0.2, -0.15) is 0 Å². The molecule has 12 nitrogen and oxygen atoms in total. The lowest BCUT2D eigenvalue weighted by atomic mass is 9.97. The number of nitrogens with one attached hydrogen (secondary N) is 1. The van der Waals surface area contributed by atoms with Crippen LogP contribution in [0.3, 0.4) is 0 Å². The van der Waals surface area contributed by atoms with E-state index < -0.39 is 61.8 Å². The van der Waals surface area contributed by atoms with Crippen molar-refractivity contribution in [3.63, 3.8) is 0 Å². The zero-order chi connectivity index (χ0) is 25.4. The molecule has 3 rings (SSSR count). The zero-order valence-corrected chi connectivity index (χ0v) is 19.5. The monoisotopic (exact) mass is 515 g/mol. The zero-order valence-electron chi connectivity index (χ0n) is 17.9. The molecule has 0 aromatic heterocycles. The maximum Gasteiger partial charge on any atom is 0.328 e. The van der Waals surface area contributed by atoms with E-state index >= 15 is 0 Å². The van der Waals surface area contributed by atoms with Crippen LogP contribution in [0.4, 0.5) is 0 Å². The van der Waals surface area contributed by atoms with Crippen LogP contribution in [0.15, 0.2) is 17.1 Å². The van der Waals surface area contributed by atoms with Gasteiger partial charge in [0.05, 0.1) is 23.6 Å². The summed E-state index contributed by atoms with van der Waals surface area (Å²) in [6, 6.07) is 0.713. The number of sulfone groups is 1. The van der Waals surface area contributed by atoms with Crippen molar-refractivity contribution in [3.05, 3.63) is 22.7 Å². The van der Waals surface area contributed by atoms with Crippen LogP contribution in [0.1, 0.15) is 36.5 Å². The van der Waals surface area contributed by atoms with Gasteiger partial charge in [0, 0.05) is 19.2 Å². The Hall–Kier alpha value is -3.19. The van der Waals surface area contributed by atoms with Crippen molar-refractivity contribution in [1.29, 1.82) is 0 Å². The van der Waals surface area contributed by atoms with Gasteiger partial charge in [-0.15, -0.1) is 0 Å². The van der Waals surface area contributed by atoms with Gasteiger partial charge in [0.15, 0.2) is 33.2 Å². The van der Waals surface area contributed by atoms with Crippen molar-refractivity contribution >= 4 is 51.2 Å². The predicted octanol–water partition coefficient (Wildman–Crippen LogP) is 0.0998. The number of β-lactam (4-membered cyclic amide) rings is 1. The SMILES string of the molecule is C[C@]1(C=NCC(=O)CCCNC(=O)c2ccc(O)c(O)c2Cl)[C@H](C(=O)O)N2C(=O)C[C@H]2S1(=O)=O. The molecule has 0 bridgehead atoms. The molecule has 0 saturated carbocycles. The van der Waals surface area contributed by atoms with E-state index in [0.29, 0.717) is 0 Å².